The Bertz CT molecular complexity index is 2870. The van der Waals surface area contributed by atoms with Gasteiger partial charge in [-0.1, -0.05) is 48.5 Å². The van der Waals surface area contributed by atoms with Crippen molar-refractivity contribution in [1.82, 2.24) is 29.9 Å². The van der Waals surface area contributed by atoms with Crippen molar-refractivity contribution in [2.75, 3.05) is 26.4 Å². The summed E-state index contributed by atoms with van der Waals surface area (Å²) in [6, 6.07) is -3.75. The summed E-state index contributed by atoms with van der Waals surface area (Å²) in [6.45, 7) is -14.2. The molecule has 0 spiro atoms. The fourth-order valence-corrected chi connectivity index (χ4v) is 6.38. The molecular formula is C40H16F36N6O4. The van der Waals surface area contributed by atoms with Crippen LogP contribution in [0, 0.1) is 0 Å². The maximum atomic E-state index is 14.6. The van der Waals surface area contributed by atoms with E-state index in [1.54, 1.807) is 0 Å². The number of fused-ring (bicyclic) bond motifs is 2. The van der Waals surface area contributed by atoms with E-state index < -0.39 is 191 Å². The fraction of sp³-hybridized carbons (Fsp3) is 0.500. The van der Waals surface area contributed by atoms with Crippen molar-refractivity contribution >= 4 is 21.5 Å². The van der Waals surface area contributed by atoms with E-state index >= 15 is 0 Å². The van der Waals surface area contributed by atoms with Gasteiger partial charge in [0, 0.05) is 11.1 Å². The van der Waals surface area contributed by atoms with Crippen molar-refractivity contribution in [2.45, 2.75) is 95.8 Å². The molecule has 0 aliphatic carbocycles. The van der Waals surface area contributed by atoms with Gasteiger partial charge in [0.25, 0.3) is 0 Å². The number of benzene rings is 3. The molecule has 46 heteroatoms. The zero-order valence-electron chi connectivity index (χ0n) is 39.4. The first-order chi connectivity index (χ1) is 38.2. The average molecular weight is 1330 g/mol. The van der Waals surface area contributed by atoms with Crippen LogP contribution in [0.25, 0.3) is 44.3 Å². The molecule has 3 aromatic carbocycles. The molecule has 482 valence electrons. The second-order valence-corrected chi connectivity index (χ2v) is 16.8. The summed E-state index contributed by atoms with van der Waals surface area (Å²) in [7, 11) is 0. The van der Waals surface area contributed by atoms with E-state index in [-0.39, 0.29) is 0 Å². The van der Waals surface area contributed by atoms with Crippen LogP contribution in [0.4, 0.5) is 158 Å². The lowest BCUT2D eigenvalue weighted by Crippen LogP contribution is -2.62. The summed E-state index contributed by atoms with van der Waals surface area (Å²) in [4.78, 5) is 18.0. The van der Waals surface area contributed by atoms with Gasteiger partial charge in [0.15, 0.2) is 38.1 Å². The van der Waals surface area contributed by atoms with E-state index in [1.807, 2.05) is 0 Å². The van der Waals surface area contributed by atoms with Crippen molar-refractivity contribution in [3.8, 4) is 46.8 Å². The lowest BCUT2D eigenvalue weighted by Gasteiger charge is -2.33. The van der Waals surface area contributed by atoms with Crippen molar-refractivity contribution in [2.24, 2.45) is 0 Å². The Morgan fingerprint density at radius 2 is 0.395 bits per heavy atom. The van der Waals surface area contributed by atoms with Crippen LogP contribution in [0.15, 0.2) is 48.5 Å². The van der Waals surface area contributed by atoms with Crippen LogP contribution < -0.4 is 18.9 Å². The first-order valence-corrected chi connectivity index (χ1v) is 21.0. The molecule has 10 nitrogen and oxygen atoms in total. The maximum Gasteiger partial charge on any atom is 0.460 e. The van der Waals surface area contributed by atoms with Gasteiger partial charge in [-0.3, -0.25) is 0 Å². The molecular weight excluding hydrogens is 1310 g/mol. The Kier molecular flexibility index (Phi) is 17.3. The largest absolute Gasteiger partial charge is 0.460 e. The molecule has 0 amide bonds. The van der Waals surface area contributed by atoms with Gasteiger partial charge < -0.3 is 18.9 Å². The lowest BCUT2D eigenvalue weighted by molar-refractivity contribution is -0.398. The zero-order chi connectivity index (χ0) is 66.5. The summed E-state index contributed by atoms with van der Waals surface area (Å²) in [5, 5.41) is -3.61. The molecule has 2 aromatic heterocycles. The van der Waals surface area contributed by atoms with Crippen molar-refractivity contribution in [3.05, 3.63) is 48.5 Å². The van der Waals surface area contributed by atoms with Crippen molar-refractivity contribution in [3.63, 3.8) is 0 Å². The SMILES string of the molecule is FC(F)(F)C(F)(F)C(F)(F)C(F)(F)COc1nc(OCC(F)(F)C(F)(F)C(F)(F)C(F)(F)F)nc(-c2c3ccccc3c(-c3nc(OCC(F)(F)C(F)(F)C(F)(F)C(F)(F)F)nc(OCC(F)(F)C(F)(F)C(F)(F)C(F)(F)F)n3)c3ccccc23)n1. The quantitative estimate of drug-likeness (QED) is 0.0490. The fourth-order valence-electron chi connectivity index (χ4n) is 6.38. The molecule has 0 N–H and O–H groups in total. The molecule has 86 heavy (non-hydrogen) atoms. The smallest absolute Gasteiger partial charge is 0.457 e. The van der Waals surface area contributed by atoms with E-state index in [0.29, 0.717) is 24.3 Å². The van der Waals surface area contributed by atoms with Gasteiger partial charge in [0.1, 0.15) is 0 Å². The molecule has 0 aliphatic heterocycles. The van der Waals surface area contributed by atoms with Gasteiger partial charge in [-0.15, -0.1) is 9.97 Å². The summed E-state index contributed by atoms with van der Waals surface area (Å²) in [5.41, 5.74) is -2.17. The second kappa shape index (κ2) is 21.3. The summed E-state index contributed by atoms with van der Waals surface area (Å²) in [5.74, 6) is -91.9. The Morgan fingerprint density at radius 1 is 0.233 bits per heavy atom. The van der Waals surface area contributed by atoms with E-state index in [4.69, 9.17) is 0 Å². The topological polar surface area (TPSA) is 114 Å². The Morgan fingerprint density at radius 3 is 0.547 bits per heavy atom. The van der Waals surface area contributed by atoms with E-state index in [2.05, 4.69) is 48.9 Å². The number of halogens is 36. The summed E-state index contributed by atoms with van der Waals surface area (Å²) in [6.07, 6.45) is -30.1. The highest BCUT2D eigenvalue weighted by atomic mass is 19.5. The molecule has 5 aromatic rings. The van der Waals surface area contributed by atoms with E-state index in [1.165, 1.54) is 0 Å². The van der Waals surface area contributed by atoms with Gasteiger partial charge >= 0.3 is 120 Å². The third kappa shape index (κ3) is 11.7. The van der Waals surface area contributed by atoms with Crippen molar-refractivity contribution in [1.29, 1.82) is 0 Å². The van der Waals surface area contributed by atoms with E-state index in [9.17, 15) is 158 Å². The number of aromatic nitrogens is 6. The molecule has 0 fully saturated rings. The average Bonchev–Trinajstić information content (AvgIpc) is 0.998. The van der Waals surface area contributed by atoms with Crippen LogP contribution in [-0.4, -0.2) is 152 Å². The molecule has 0 bridgehead atoms. The second-order valence-electron chi connectivity index (χ2n) is 16.8. The minimum atomic E-state index is -7.71. The highest BCUT2D eigenvalue weighted by molar-refractivity contribution is 6.20. The van der Waals surface area contributed by atoms with Crippen molar-refractivity contribution < 1.29 is 177 Å². The third-order valence-electron chi connectivity index (χ3n) is 10.9. The van der Waals surface area contributed by atoms with Crippen LogP contribution in [-0.2, 0) is 0 Å². The number of alkyl halides is 36. The number of rotatable bonds is 22. The van der Waals surface area contributed by atoms with Crippen LogP contribution in [0.2, 0.25) is 0 Å². The summed E-state index contributed by atoms with van der Waals surface area (Å²) < 4.78 is 510. The standard InChI is InChI=1S/C40H16F36N6O4/c41-25(42,29(49,50)33(57,58)37(65,66)67)9-83-21-77-19(78-22(81-21)84-10-26(43,44)30(51,52)34(59,60)38(68,69)70)17-13-5-1-2-6-14(13)18(16-8-4-3-7-15(16)17)20-79-23(85-11-27(45,46)31(53,54)35(61,62)39(71,72)73)82-24(80-20)86-12-28(47,48)32(55,56)36(63,64)40(74,75)76/h1-8H,9-12H2. The summed E-state index contributed by atoms with van der Waals surface area (Å²) >= 11 is 0. The molecule has 0 aliphatic rings. The van der Waals surface area contributed by atoms with Crippen LogP contribution >= 0.6 is 0 Å². The van der Waals surface area contributed by atoms with E-state index in [0.717, 1.165) is 24.3 Å². The third-order valence-corrected chi connectivity index (χ3v) is 10.9. The Balaban J connectivity index is 1.81. The first-order valence-electron chi connectivity index (χ1n) is 21.0. The highest BCUT2D eigenvalue weighted by Crippen LogP contribution is 2.57. The van der Waals surface area contributed by atoms with Gasteiger partial charge in [0.05, 0.1) is 0 Å². The zero-order valence-corrected chi connectivity index (χ0v) is 39.4. The predicted octanol–water partition coefficient (Wildman–Crippen LogP) is 15.1. The molecule has 0 unspecified atom stereocenters. The molecule has 0 saturated carbocycles. The Hall–Kier alpha value is -7.12. The van der Waals surface area contributed by atoms with Gasteiger partial charge in [-0.25, -0.2) is 0 Å². The molecule has 5 rings (SSSR count). The molecule has 0 radical (unpaired) electrons. The minimum absolute atomic E-state index is 0.621. The molecule has 0 atom stereocenters. The van der Waals surface area contributed by atoms with Gasteiger partial charge in [-0.2, -0.15) is 178 Å². The van der Waals surface area contributed by atoms with Crippen LogP contribution in [0.5, 0.6) is 24.0 Å². The normalized spacial score (nSPS) is 14.9. The minimum Gasteiger partial charge on any atom is -0.457 e. The molecule has 0 saturated heterocycles. The molecule has 2 heterocycles. The predicted molar refractivity (Wildman–Crippen MR) is 205 cm³/mol. The number of hydrogen-bond donors (Lipinski definition) is 0. The van der Waals surface area contributed by atoms with Gasteiger partial charge in [0.2, 0.25) is 0 Å². The van der Waals surface area contributed by atoms with Gasteiger partial charge in [-0.05, 0) is 21.5 Å². The van der Waals surface area contributed by atoms with Crippen LogP contribution in [0.3, 0.4) is 0 Å². The number of ether oxygens (including phenoxy) is 4. The maximum absolute atomic E-state index is 14.6. The number of hydrogen-bond acceptors (Lipinski definition) is 10. The first kappa shape index (κ1) is 69.6. The Labute approximate surface area is 446 Å². The lowest BCUT2D eigenvalue weighted by atomic mass is 9.91. The van der Waals surface area contributed by atoms with Crippen LogP contribution in [0.1, 0.15) is 0 Å². The monoisotopic (exact) mass is 1330 g/mol. The highest BCUT2D eigenvalue weighted by Gasteiger charge is 2.85. The number of nitrogens with zero attached hydrogens (tertiary/aromatic N) is 6.